The predicted octanol–water partition coefficient (Wildman–Crippen LogP) is 5.09. The van der Waals surface area contributed by atoms with Crippen molar-refractivity contribution in [2.75, 3.05) is 0 Å². The van der Waals surface area contributed by atoms with Crippen LogP contribution >= 0.6 is 23.1 Å². The Bertz CT molecular complexity index is 1270. The quantitative estimate of drug-likeness (QED) is 0.252. The van der Waals surface area contributed by atoms with Crippen LogP contribution in [0.15, 0.2) is 69.9 Å². The van der Waals surface area contributed by atoms with Gasteiger partial charge in [0.2, 0.25) is 0 Å². The first-order valence-electron chi connectivity index (χ1n) is 8.67. The molecule has 0 spiro atoms. The molecule has 4 rings (SSSR count). The van der Waals surface area contributed by atoms with Gasteiger partial charge in [0, 0.05) is 5.56 Å². The van der Waals surface area contributed by atoms with Crippen molar-refractivity contribution in [1.82, 2.24) is 9.55 Å². The van der Waals surface area contributed by atoms with Crippen molar-refractivity contribution in [3.8, 4) is 5.69 Å². The van der Waals surface area contributed by atoms with Crippen LogP contribution in [0.3, 0.4) is 0 Å². The molecule has 2 aromatic carbocycles. The van der Waals surface area contributed by atoms with E-state index in [1.807, 2.05) is 18.2 Å². The maximum absolute atomic E-state index is 13.5. The molecule has 0 radical (unpaired) electrons. The Morgan fingerprint density at radius 2 is 1.86 bits per heavy atom. The van der Waals surface area contributed by atoms with Crippen LogP contribution in [0.2, 0.25) is 0 Å². The molecule has 0 aliphatic heterocycles. The predicted molar refractivity (Wildman–Crippen MR) is 111 cm³/mol. The standard InChI is InChI=1S/C21H14F2N2O2S2/c1-12(18(26)13-7-8-16(22)17(23)11-13)29-21-24-19-15(9-10-28-19)20(27)25(21)14-5-3-2-4-6-14/h2-12H,1H3. The average Bonchev–Trinajstić information content (AvgIpc) is 3.19. The molecule has 1 unspecified atom stereocenters. The molecule has 0 bridgehead atoms. The number of hydrogen-bond acceptors (Lipinski definition) is 5. The van der Waals surface area contributed by atoms with E-state index < -0.39 is 16.9 Å². The van der Waals surface area contributed by atoms with Gasteiger partial charge < -0.3 is 0 Å². The number of hydrogen-bond donors (Lipinski definition) is 0. The number of halogens is 2. The highest BCUT2D eigenvalue weighted by molar-refractivity contribution is 8.00. The fourth-order valence-electron chi connectivity index (χ4n) is 2.87. The Balaban J connectivity index is 1.76. The number of rotatable bonds is 5. The third kappa shape index (κ3) is 3.73. The number of thiophene rings is 1. The molecular formula is C21H14F2N2O2S2. The molecule has 0 amide bonds. The van der Waals surface area contributed by atoms with E-state index in [9.17, 15) is 18.4 Å². The molecule has 0 saturated carbocycles. The molecule has 0 fully saturated rings. The zero-order valence-corrected chi connectivity index (χ0v) is 16.8. The molecule has 0 aliphatic rings. The monoisotopic (exact) mass is 428 g/mol. The summed E-state index contributed by atoms with van der Waals surface area (Å²) in [5.74, 6) is -2.47. The largest absolute Gasteiger partial charge is 0.293 e. The third-order valence-corrected chi connectivity index (χ3v) is 6.20. The van der Waals surface area contributed by atoms with Gasteiger partial charge >= 0.3 is 0 Å². The van der Waals surface area contributed by atoms with Crippen LogP contribution in [0, 0.1) is 11.6 Å². The van der Waals surface area contributed by atoms with E-state index >= 15 is 0 Å². The highest BCUT2D eigenvalue weighted by Gasteiger charge is 2.22. The molecule has 1 atom stereocenters. The highest BCUT2D eigenvalue weighted by Crippen LogP contribution is 2.28. The second-order valence-electron chi connectivity index (χ2n) is 6.26. The van der Waals surface area contributed by atoms with Gasteiger partial charge in [0.1, 0.15) is 4.83 Å². The fraction of sp³-hybridized carbons (Fsp3) is 0.0952. The lowest BCUT2D eigenvalue weighted by Crippen LogP contribution is -2.23. The first kappa shape index (κ1) is 19.5. The van der Waals surface area contributed by atoms with E-state index in [0.717, 1.165) is 23.9 Å². The molecule has 0 aliphatic carbocycles. The van der Waals surface area contributed by atoms with E-state index in [2.05, 4.69) is 4.98 Å². The molecule has 2 heterocycles. The molecule has 8 heteroatoms. The Hall–Kier alpha value is -2.84. The van der Waals surface area contributed by atoms with Gasteiger partial charge in [-0.15, -0.1) is 11.3 Å². The van der Waals surface area contributed by atoms with E-state index in [4.69, 9.17) is 0 Å². The number of thioether (sulfide) groups is 1. The minimum atomic E-state index is -1.08. The Labute approximate surface area is 172 Å². The van der Waals surface area contributed by atoms with Crippen molar-refractivity contribution in [3.63, 3.8) is 0 Å². The van der Waals surface area contributed by atoms with Crippen LogP contribution in [0.5, 0.6) is 0 Å². The van der Waals surface area contributed by atoms with Crippen molar-refractivity contribution in [1.29, 1.82) is 0 Å². The van der Waals surface area contributed by atoms with Crippen LogP contribution in [0.4, 0.5) is 8.78 Å². The summed E-state index contributed by atoms with van der Waals surface area (Å²) in [6.07, 6.45) is 0. The normalized spacial score (nSPS) is 12.2. The molecule has 29 heavy (non-hydrogen) atoms. The number of fused-ring (bicyclic) bond motifs is 1. The highest BCUT2D eigenvalue weighted by atomic mass is 32.2. The SMILES string of the molecule is CC(Sc1nc2sccc2c(=O)n1-c1ccccc1)C(=O)c1ccc(F)c(F)c1. The lowest BCUT2D eigenvalue weighted by Gasteiger charge is -2.15. The number of benzene rings is 2. The molecule has 4 aromatic rings. The van der Waals surface area contributed by atoms with Crippen molar-refractivity contribution in [2.45, 2.75) is 17.3 Å². The van der Waals surface area contributed by atoms with Gasteiger partial charge in [-0.25, -0.2) is 13.8 Å². The number of nitrogens with zero attached hydrogens (tertiary/aromatic N) is 2. The lowest BCUT2D eigenvalue weighted by molar-refractivity contribution is 0.0993. The summed E-state index contributed by atoms with van der Waals surface area (Å²) in [6.45, 7) is 1.65. The van der Waals surface area contributed by atoms with Crippen LogP contribution in [0.25, 0.3) is 15.9 Å². The molecule has 0 N–H and O–H groups in total. The fourth-order valence-corrected chi connectivity index (χ4v) is 4.68. The summed E-state index contributed by atoms with van der Waals surface area (Å²) in [7, 11) is 0. The summed E-state index contributed by atoms with van der Waals surface area (Å²) in [5.41, 5.74) is 0.472. The number of carbonyl (C=O) groups is 1. The van der Waals surface area contributed by atoms with Gasteiger partial charge in [0.25, 0.3) is 5.56 Å². The maximum atomic E-state index is 13.5. The second-order valence-corrected chi connectivity index (χ2v) is 8.47. The molecular weight excluding hydrogens is 414 g/mol. The van der Waals surface area contributed by atoms with E-state index in [-0.39, 0.29) is 16.9 Å². The summed E-state index contributed by atoms with van der Waals surface area (Å²) < 4.78 is 28.2. The summed E-state index contributed by atoms with van der Waals surface area (Å²) in [6, 6.07) is 13.8. The van der Waals surface area contributed by atoms with Crippen molar-refractivity contribution < 1.29 is 13.6 Å². The van der Waals surface area contributed by atoms with Gasteiger partial charge in [-0.1, -0.05) is 30.0 Å². The summed E-state index contributed by atoms with van der Waals surface area (Å²) in [5, 5.41) is 1.99. The minimum absolute atomic E-state index is 0.0645. The minimum Gasteiger partial charge on any atom is -0.293 e. The number of carbonyl (C=O) groups excluding carboxylic acids is 1. The molecule has 0 saturated heterocycles. The van der Waals surface area contributed by atoms with Crippen molar-refractivity contribution >= 4 is 39.1 Å². The Kier molecular flexibility index (Phi) is 5.29. The van der Waals surface area contributed by atoms with Gasteiger partial charge in [-0.05, 0) is 48.7 Å². The van der Waals surface area contributed by atoms with Gasteiger partial charge in [-0.3, -0.25) is 14.2 Å². The van der Waals surface area contributed by atoms with E-state index in [1.165, 1.54) is 22.0 Å². The Morgan fingerprint density at radius 1 is 1.10 bits per heavy atom. The number of ketones is 1. The lowest BCUT2D eigenvalue weighted by atomic mass is 10.1. The Morgan fingerprint density at radius 3 is 2.59 bits per heavy atom. The second kappa shape index (κ2) is 7.88. The zero-order chi connectivity index (χ0) is 20.5. The number of Topliss-reactive ketones (excluding diaryl/α,β-unsaturated/α-hetero) is 1. The van der Waals surface area contributed by atoms with Gasteiger partial charge in [0.15, 0.2) is 22.6 Å². The van der Waals surface area contributed by atoms with Gasteiger partial charge in [-0.2, -0.15) is 0 Å². The van der Waals surface area contributed by atoms with Crippen LogP contribution in [-0.4, -0.2) is 20.6 Å². The van der Waals surface area contributed by atoms with Crippen LogP contribution in [-0.2, 0) is 0 Å². The first-order chi connectivity index (χ1) is 14.0. The van der Waals surface area contributed by atoms with E-state index in [0.29, 0.717) is 21.1 Å². The number of para-hydroxylation sites is 1. The molecule has 146 valence electrons. The first-order valence-corrected chi connectivity index (χ1v) is 10.4. The molecule has 4 nitrogen and oxygen atoms in total. The van der Waals surface area contributed by atoms with Crippen molar-refractivity contribution in [2.24, 2.45) is 0 Å². The smallest absolute Gasteiger partial charge is 0.267 e. The summed E-state index contributed by atoms with van der Waals surface area (Å²) in [4.78, 5) is 30.9. The number of aromatic nitrogens is 2. The average molecular weight is 428 g/mol. The maximum Gasteiger partial charge on any atom is 0.267 e. The third-order valence-electron chi connectivity index (χ3n) is 4.34. The van der Waals surface area contributed by atoms with Crippen LogP contribution < -0.4 is 5.56 Å². The molecule has 2 aromatic heterocycles. The topological polar surface area (TPSA) is 52.0 Å². The van der Waals surface area contributed by atoms with Crippen molar-refractivity contribution in [3.05, 3.63) is 87.5 Å². The van der Waals surface area contributed by atoms with E-state index in [1.54, 1.807) is 30.5 Å². The van der Waals surface area contributed by atoms with Crippen LogP contribution in [0.1, 0.15) is 17.3 Å². The summed E-state index contributed by atoms with van der Waals surface area (Å²) >= 11 is 2.44. The van der Waals surface area contributed by atoms with Gasteiger partial charge in [0.05, 0.1) is 16.3 Å². The zero-order valence-electron chi connectivity index (χ0n) is 15.1.